The first-order chi connectivity index (χ1) is 12.3. The van der Waals surface area contributed by atoms with Gasteiger partial charge in [0.1, 0.15) is 10.7 Å². The van der Waals surface area contributed by atoms with E-state index in [0.29, 0.717) is 22.0 Å². The van der Waals surface area contributed by atoms with Gasteiger partial charge >= 0.3 is 0 Å². The number of rotatable bonds is 6. The monoisotopic (exact) mass is 350 g/mol. The maximum Gasteiger partial charge on any atom is 0.258 e. The number of amides is 1. The highest BCUT2D eigenvalue weighted by molar-refractivity contribution is 7.98. The summed E-state index contributed by atoms with van der Waals surface area (Å²) in [4.78, 5) is 31.5. The largest absolute Gasteiger partial charge is 0.322 e. The Bertz CT molecular complexity index is 887. The van der Waals surface area contributed by atoms with E-state index in [9.17, 15) is 9.70 Å². The van der Waals surface area contributed by atoms with Gasteiger partial charge in [0, 0.05) is 30.0 Å². The second kappa shape index (κ2) is 8.16. The highest BCUT2D eigenvalue weighted by Crippen LogP contribution is 2.25. The highest BCUT2D eigenvalue weighted by Gasteiger charge is 2.13. The minimum atomic E-state index is -0.284. The molecule has 0 atom stereocenters. The molecule has 0 unspecified atom stereocenters. The summed E-state index contributed by atoms with van der Waals surface area (Å²) in [6.07, 6.45) is 5.12. The number of nitrogens with one attached hydrogen (secondary N) is 1. The van der Waals surface area contributed by atoms with Gasteiger partial charge < -0.3 is 5.32 Å². The van der Waals surface area contributed by atoms with Crippen molar-refractivity contribution in [1.82, 2.24) is 9.97 Å². The number of carbonyl (C=O) groups is 1. The SMILES string of the molecule is O=Nc1cccc(NC(=O)c2cccnc2SCc2ccncc2)c1. The summed E-state index contributed by atoms with van der Waals surface area (Å²) >= 11 is 1.48. The number of nitrogens with zero attached hydrogens (tertiary/aromatic N) is 3. The van der Waals surface area contributed by atoms with E-state index >= 15 is 0 Å². The van der Waals surface area contributed by atoms with Gasteiger partial charge in [0.25, 0.3) is 5.91 Å². The number of thioether (sulfide) groups is 1. The smallest absolute Gasteiger partial charge is 0.258 e. The molecule has 7 heteroatoms. The van der Waals surface area contributed by atoms with Crippen molar-refractivity contribution in [2.75, 3.05) is 5.32 Å². The van der Waals surface area contributed by atoms with Gasteiger partial charge in [0.15, 0.2) is 0 Å². The van der Waals surface area contributed by atoms with Crippen LogP contribution in [-0.2, 0) is 5.75 Å². The third-order valence-corrected chi connectivity index (χ3v) is 4.43. The van der Waals surface area contributed by atoms with E-state index in [1.165, 1.54) is 17.8 Å². The Labute approximate surface area is 148 Å². The first-order valence-electron chi connectivity index (χ1n) is 7.48. The molecule has 0 fully saturated rings. The van der Waals surface area contributed by atoms with Gasteiger partial charge in [-0.15, -0.1) is 16.7 Å². The first kappa shape index (κ1) is 16.8. The molecular formula is C18H14N4O2S. The van der Waals surface area contributed by atoms with Crippen molar-refractivity contribution in [3.63, 3.8) is 0 Å². The molecule has 0 aliphatic heterocycles. The fraction of sp³-hybridized carbons (Fsp3) is 0.0556. The molecular weight excluding hydrogens is 336 g/mol. The Hall–Kier alpha value is -3.06. The molecule has 2 heterocycles. The molecule has 25 heavy (non-hydrogen) atoms. The minimum Gasteiger partial charge on any atom is -0.322 e. The Morgan fingerprint density at radius 3 is 2.72 bits per heavy atom. The van der Waals surface area contributed by atoms with Crippen LogP contribution in [0.5, 0.6) is 0 Å². The van der Waals surface area contributed by atoms with Gasteiger partial charge in [-0.05, 0) is 53.2 Å². The number of anilines is 1. The highest BCUT2D eigenvalue weighted by atomic mass is 32.2. The van der Waals surface area contributed by atoms with Crippen LogP contribution in [0.25, 0.3) is 0 Å². The number of aromatic nitrogens is 2. The zero-order valence-electron chi connectivity index (χ0n) is 13.1. The molecule has 2 aromatic heterocycles. The molecule has 0 bridgehead atoms. The molecule has 1 N–H and O–H groups in total. The molecule has 0 saturated carbocycles. The average molecular weight is 350 g/mol. The van der Waals surface area contributed by atoms with Crippen molar-refractivity contribution in [3.05, 3.63) is 83.2 Å². The van der Waals surface area contributed by atoms with Crippen LogP contribution < -0.4 is 5.32 Å². The van der Waals surface area contributed by atoms with Crippen LogP contribution in [0.1, 0.15) is 15.9 Å². The van der Waals surface area contributed by atoms with Crippen LogP contribution in [0.4, 0.5) is 11.4 Å². The Kier molecular flexibility index (Phi) is 5.48. The number of pyridine rings is 2. The molecule has 3 aromatic rings. The normalized spacial score (nSPS) is 10.2. The van der Waals surface area contributed by atoms with Crippen molar-refractivity contribution < 1.29 is 4.79 Å². The summed E-state index contributed by atoms with van der Waals surface area (Å²) < 4.78 is 0. The lowest BCUT2D eigenvalue weighted by Crippen LogP contribution is -2.13. The second-order valence-corrected chi connectivity index (χ2v) is 6.06. The van der Waals surface area contributed by atoms with Crippen molar-refractivity contribution in [2.45, 2.75) is 10.8 Å². The third kappa shape index (κ3) is 4.48. The van der Waals surface area contributed by atoms with E-state index in [4.69, 9.17) is 0 Å². The van der Waals surface area contributed by atoms with E-state index < -0.39 is 0 Å². The molecule has 0 saturated heterocycles. The summed E-state index contributed by atoms with van der Waals surface area (Å²) in [5.41, 5.74) is 2.35. The maximum absolute atomic E-state index is 12.6. The van der Waals surface area contributed by atoms with Crippen LogP contribution in [0.15, 0.2) is 77.3 Å². The third-order valence-electron chi connectivity index (χ3n) is 3.35. The van der Waals surface area contributed by atoms with Crippen LogP contribution in [0, 0.1) is 4.91 Å². The van der Waals surface area contributed by atoms with Gasteiger partial charge in [-0.1, -0.05) is 6.07 Å². The van der Waals surface area contributed by atoms with Crippen LogP contribution in [0.2, 0.25) is 0 Å². The predicted octanol–water partition coefficient (Wildman–Crippen LogP) is 4.42. The molecule has 0 aliphatic rings. The summed E-state index contributed by atoms with van der Waals surface area (Å²) in [7, 11) is 0. The minimum absolute atomic E-state index is 0.260. The van der Waals surface area contributed by atoms with Crippen molar-refractivity contribution >= 4 is 29.0 Å². The van der Waals surface area contributed by atoms with E-state index in [1.54, 1.807) is 48.9 Å². The van der Waals surface area contributed by atoms with Crippen LogP contribution in [0.3, 0.4) is 0 Å². The fourth-order valence-corrected chi connectivity index (χ4v) is 3.10. The van der Waals surface area contributed by atoms with E-state index in [1.807, 2.05) is 12.1 Å². The zero-order valence-corrected chi connectivity index (χ0v) is 13.9. The standard InChI is InChI=1S/C18H14N4O2S/c23-17(21-14-3-1-4-15(11-14)22-24)16-5-2-8-20-18(16)25-12-13-6-9-19-10-7-13/h1-11H,12H2,(H,21,23). The number of benzene rings is 1. The lowest BCUT2D eigenvalue weighted by molar-refractivity contribution is 0.102. The average Bonchev–Trinajstić information content (AvgIpc) is 2.67. The lowest BCUT2D eigenvalue weighted by Gasteiger charge is -2.09. The summed E-state index contributed by atoms with van der Waals surface area (Å²) in [5, 5.41) is 6.28. The molecule has 1 amide bonds. The lowest BCUT2D eigenvalue weighted by atomic mass is 10.2. The number of hydrogen-bond donors (Lipinski definition) is 1. The number of nitroso groups, excluding NO2 is 1. The molecule has 0 aliphatic carbocycles. The first-order valence-corrected chi connectivity index (χ1v) is 8.46. The van der Waals surface area contributed by atoms with E-state index in [0.717, 1.165) is 5.56 Å². The molecule has 1 aromatic carbocycles. The molecule has 0 spiro atoms. The number of carbonyl (C=O) groups excluding carboxylic acids is 1. The molecule has 124 valence electrons. The van der Waals surface area contributed by atoms with Gasteiger partial charge in [0.05, 0.1) is 5.56 Å². The van der Waals surface area contributed by atoms with Crippen molar-refractivity contribution in [3.8, 4) is 0 Å². The van der Waals surface area contributed by atoms with Crippen LogP contribution in [-0.4, -0.2) is 15.9 Å². The molecule has 6 nitrogen and oxygen atoms in total. The topological polar surface area (TPSA) is 84.3 Å². The molecule has 3 rings (SSSR count). The zero-order chi connectivity index (χ0) is 17.5. The Balaban J connectivity index is 1.75. The Morgan fingerprint density at radius 1 is 1.08 bits per heavy atom. The van der Waals surface area contributed by atoms with E-state index in [2.05, 4.69) is 20.5 Å². The van der Waals surface area contributed by atoms with Crippen molar-refractivity contribution in [1.29, 1.82) is 0 Å². The van der Waals surface area contributed by atoms with Crippen molar-refractivity contribution in [2.24, 2.45) is 5.18 Å². The van der Waals surface area contributed by atoms with E-state index in [-0.39, 0.29) is 11.6 Å². The fourth-order valence-electron chi connectivity index (χ4n) is 2.15. The van der Waals surface area contributed by atoms with Crippen LogP contribution >= 0.6 is 11.8 Å². The van der Waals surface area contributed by atoms with Gasteiger partial charge in [0.2, 0.25) is 0 Å². The number of hydrogen-bond acceptors (Lipinski definition) is 6. The maximum atomic E-state index is 12.6. The van der Waals surface area contributed by atoms with Gasteiger partial charge in [-0.3, -0.25) is 9.78 Å². The Morgan fingerprint density at radius 2 is 1.92 bits per heavy atom. The summed E-state index contributed by atoms with van der Waals surface area (Å²) in [5.74, 6) is 0.401. The van der Waals surface area contributed by atoms with Gasteiger partial charge in [-0.2, -0.15) is 0 Å². The summed E-state index contributed by atoms with van der Waals surface area (Å²) in [6, 6.07) is 13.7. The quantitative estimate of drug-likeness (QED) is 0.525. The molecule has 0 radical (unpaired) electrons. The summed E-state index contributed by atoms with van der Waals surface area (Å²) in [6.45, 7) is 0. The predicted molar refractivity (Wildman–Crippen MR) is 97.9 cm³/mol. The van der Waals surface area contributed by atoms with Gasteiger partial charge in [-0.25, -0.2) is 4.98 Å². The second-order valence-electron chi connectivity index (χ2n) is 5.10.